The fourth-order valence-electron chi connectivity index (χ4n) is 4.76. The summed E-state index contributed by atoms with van der Waals surface area (Å²) in [5.74, 6) is 0.648. The van der Waals surface area contributed by atoms with Gasteiger partial charge in [-0.15, -0.1) is 0 Å². The summed E-state index contributed by atoms with van der Waals surface area (Å²) in [5, 5.41) is 14.4. The molecule has 198 valence electrons. The number of benzene rings is 1. The second kappa shape index (κ2) is 10.5. The largest absolute Gasteiger partial charge is 0.474 e. The lowest BCUT2D eigenvalue weighted by molar-refractivity contribution is 0.0879. The van der Waals surface area contributed by atoms with E-state index < -0.39 is 15.9 Å². The summed E-state index contributed by atoms with van der Waals surface area (Å²) in [6, 6.07) is 8.12. The number of nitrogens with zero attached hydrogens (tertiary/aromatic N) is 7. The minimum atomic E-state index is -2.95. The van der Waals surface area contributed by atoms with Crippen molar-refractivity contribution >= 4 is 32.7 Å². The molecule has 0 bridgehead atoms. The molecular formula is C24H31N7O5S. The van der Waals surface area contributed by atoms with Gasteiger partial charge in [0.2, 0.25) is 5.88 Å². The molecule has 2 aromatic heterocycles. The summed E-state index contributed by atoms with van der Waals surface area (Å²) in [7, 11) is -2.95. The van der Waals surface area contributed by atoms with Gasteiger partial charge < -0.3 is 19.6 Å². The SMILES string of the molecule is CS(=O)(=O)CCN1CCN(c2ccc(-n3ncc4c(OC5CCN(C(=O)O)CC5)ncnc43)cc2)CC1. The van der Waals surface area contributed by atoms with Gasteiger partial charge in [-0.3, -0.25) is 4.90 Å². The number of aromatic nitrogens is 4. The maximum absolute atomic E-state index is 11.4. The Labute approximate surface area is 215 Å². The number of carbonyl (C=O) groups is 1. The molecule has 5 rings (SSSR count). The molecule has 2 fully saturated rings. The number of amides is 1. The number of piperidine rings is 1. The molecule has 4 heterocycles. The van der Waals surface area contributed by atoms with Crippen molar-refractivity contribution in [3.8, 4) is 11.6 Å². The zero-order valence-electron chi connectivity index (χ0n) is 20.7. The maximum atomic E-state index is 11.4. The van der Waals surface area contributed by atoms with E-state index in [-0.39, 0.29) is 11.9 Å². The summed E-state index contributed by atoms with van der Waals surface area (Å²) >= 11 is 0. The molecule has 2 saturated heterocycles. The summed E-state index contributed by atoms with van der Waals surface area (Å²) < 4.78 is 30.7. The van der Waals surface area contributed by atoms with Crippen molar-refractivity contribution in [2.45, 2.75) is 18.9 Å². The minimum absolute atomic E-state index is 0.108. The summed E-state index contributed by atoms with van der Waals surface area (Å²) in [4.78, 5) is 25.8. The first-order chi connectivity index (χ1) is 17.8. The molecule has 2 aliphatic rings. The highest BCUT2D eigenvalue weighted by atomic mass is 32.2. The Morgan fingerprint density at radius 1 is 1.03 bits per heavy atom. The standard InChI is InChI=1S/C24H31N7O5S/c1-37(34,35)15-14-28-10-12-29(13-11-28)18-2-4-19(5-3-18)31-22-21(16-27-31)23(26-17-25-22)36-20-6-8-30(9-7-20)24(32)33/h2-5,16-17,20H,6-15H2,1H3,(H,32,33). The molecule has 0 saturated carbocycles. The second-order valence-electron chi connectivity index (χ2n) is 9.53. The lowest BCUT2D eigenvalue weighted by Crippen LogP contribution is -2.47. The summed E-state index contributed by atoms with van der Waals surface area (Å²) in [6.07, 6.45) is 4.64. The van der Waals surface area contributed by atoms with Gasteiger partial charge in [0, 0.05) is 70.6 Å². The third-order valence-corrected chi connectivity index (χ3v) is 7.85. The van der Waals surface area contributed by atoms with Crippen LogP contribution in [0.15, 0.2) is 36.8 Å². The van der Waals surface area contributed by atoms with Gasteiger partial charge >= 0.3 is 6.09 Å². The molecule has 0 spiro atoms. The van der Waals surface area contributed by atoms with Crippen LogP contribution in [0, 0.1) is 0 Å². The van der Waals surface area contributed by atoms with Crippen LogP contribution < -0.4 is 9.64 Å². The van der Waals surface area contributed by atoms with Crippen molar-refractivity contribution in [1.82, 2.24) is 29.5 Å². The van der Waals surface area contributed by atoms with Crippen molar-refractivity contribution in [3.05, 3.63) is 36.8 Å². The Balaban J connectivity index is 1.23. The van der Waals surface area contributed by atoms with Gasteiger partial charge in [-0.1, -0.05) is 0 Å². The molecular weight excluding hydrogens is 498 g/mol. The molecule has 0 aliphatic carbocycles. The van der Waals surface area contributed by atoms with Gasteiger partial charge in [-0.2, -0.15) is 5.10 Å². The van der Waals surface area contributed by atoms with E-state index in [9.17, 15) is 13.2 Å². The molecule has 3 aromatic rings. The first kappa shape index (κ1) is 25.2. The Hall–Kier alpha value is -3.45. The van der Waals surface area contributed by atoms with Crippen LogP contribution in [-0.4, -0.2) is 113 Å². The predicted octanol–water partition coefficient (Wildman–Crippen LogP) is 1.50. The van der Waals surface area contributed by atoms with E-state index >= 15 is 0 Å². The van der Waals surface area contributed by atoms with E-state index in [0.717, 1.165) is 37.6 Å². The van der Waals surface area contributed by atoms with Gasteiger partial charge in [-0.25, -0.2) is 27.9 Å². The maximum Gasteiger partial charge on any atom is 0.407 e. The Bertz CT molecular complexity index is 1350. The highest BCUT2D eigenvalue weighted by Crippen LogP contribution is 2.27. The molecule has 12 nitrogen and oxygen atoms in total. The van der Waals surface area contributed by atoms with Crippen LogP contribution in [-0.2, 0) is 9.84 Å². The number of fused-ring (bicyclic) bond motifs is 1. The first-order valence-electron chi connectivity index (χ1n) is 12.4. The number of piperazine rings is 1. The number of rotatable bonds is 7. The third-order valence-electron chi connectivity index (χ3n) is 6.93. The molecule has 2 aliphatic heterocycles. The average Bonchev–Trinajstić information content (AvgIpc) is 3.33. The summed E-state index contributed by atoms with van der Waals surface area (Å²) in [6.45, 7) is 4.80. The Morgan fingerprint density at radius 3 is 2.35 bits per heavy atom. The predicted molar refractivity (Wildman–Crippen MR) is 138 cm³/mol. The van der Waals surface area contributed by atoms with Crippen LogP contribution in [0.4, 0.5) is 10.5 Å². The molecule has 1 N–H and O–H groups in total. The molecule has 0 radical (unpaired) electrons. The smallest absolute Gasteiger partial charge is 0.407 e. The monoisotopic (exact) mass is 529 g/mol. The average molecular weight is 530 g/mol. The second-order valence-corrected chi connectivity index (χ2v) is 11.8. The zero-order chi connectivity index (χ0) is 26.0. The molecule has 1 aromatic carbocycles. The van der Waals surface area contributed by atoms with Gasteiger partial charge in [0.15, 0.2) is 5.65 Å². The third kappa shape index (κ3) is 5.93. The van der Waals surface area contributed by atoms with Crippen molar-refractivity contribution < 1.29 is 23.1 Å². The molecule has 37 heavy (non-hydrogen) atoms. The van der Waals surface area contributed by atoms with Crippen LogP contribution in [0.3, 0.4) is 0 Å². The molecule has 1 amide bonds. The van der Waals surface area contributed by atoms with Crippen LogP contribution in [0.2, 0.25) is 0 Å². The minimum Gasteiger partial charge on any atom is -0.474 e. The van der Waals surface area contributed by atoms with Crippen LogP contribution >= 0.6 is 0 Å². The Morgan fingerprint density at radius 2 is 1.70 bits per heavy atom. The van der Waals surface area contributed by atoms with Gasteiger partial charge in [0.1, 0.15) is 27.7 Å². The van der Waals surface area contributed by atoms with E-state index in [1.165, 1.54) is 17.5 Å². The fraction of sp³-hybridized carbons (Fsp3) is 0.500. The molecule has 13 heteroatoms. The van der Waals surface area contributed by atoms with Crippen LogP contribution in [0.5, 0.6) is 5.88 Å². The van der Waals surface area contributed by atoms with E-state index in [2.05, 4.69) is 37.0 Å². The number of anilines is 1. The highest BCUT2D eigenvalue weighted by molar-refractivity contribution is 7.90. The zero-order valence-corrected chi connectivity index (χ0v) is 21.5. The quantitative estimate of drug-likeness (QED) is 0.480. The van der Waals surface area contributed by atoms with E-state index in [4.69, 9.17) is 9.84 Å². The van der Waals surface area contributed by atoms with Gasteiger partial charge in [-0.05, 0) is 24.3 Å². The summed E-state index contributed by atoms with van der Waals surface area (Å²) in [5.41, 5.74) is 2.61. The molecule has 0 unspecified atom stereocenters. The van der Waals surface area contributed by atoms with E-state index in [0.29, 0.717) is 49.4 Å². The number of hydrogen-bond donors (Lipinski definition) is 1. The number of hydrogen-bond acceptors (Lipinski definition) is 9. The van der Waals surface area contributed by atoms with Crippen molar-refractivity contribution in [1.29, 1.82) is 0 Å². The van der Waals surface area contributed by atoms with Crippen molar-refractivity contribution in [2.75, 3.05) is 62.7 Å². The molecule has 0 atom stereocenters. The normalized spacial score (nSPS) is 17.9. The van der Waals surface area contributed by atoms with Crippen LogP contribution in [0.25, 0.3) is 16.7 Å². The van der Waals surface area contributed by atoms with Crippen LogP contribution in [0.1, 0.15) is 12.8 Å². The number of likely N-dealkylation sites (tertiary alicyclic amines) is 1. The topological polar surface area (TPSA) is 134 Å². The Kier molecular flexibility index (Phi) is 7.15. The highest BCUT2D eigenvalue weighted by Gasteiger charge is 2.25. The number of carboxylic acid groups (broad SMARTS) is 1. The fourth-order valence-corrected chi connectivity index (χ4v) is 5.35. The van der Waals surface area contributed by atoms with E-state index in [1.54, 1.807) is 10.9 Å². The van der Waals surface area contributed by atoms with Crippen molar-refractivity contribution in [2.24, 2.45) is 0 Å². The first-order valence-corrected chi connectivity index (χ1v) is 14.4. The van der Waals surface area contributed by atoms with Gasteiger partial charge in [0.05, 0.1) is 17.6 Å². The van der Waals surface area contributed by atoms with Gasteiger partial charge in [0.25, 0.3) is 0 Å². The number of ether oxygens (including phenoxy) is 1. The lowest BCUT2D eigenvalue weighted by atomic mass is 10.1. The number of sulfone groups is 1. The van der Waals surface area contributed by atoms with E-state index in [1.807, 2.05) is 12.1 Å². The lowest BCUT2D eigenvalue weighted by Gasteiger charge is -2.36. The van der Waals surface area contributed by atoms with Crippen molar-refractivity contribution in [3.63, 3.8) is 0 Å².